The maximum Gasteiger partial charge on any atom is 0.0195 e. The summed E-state index contributed by atoms with van der Waals surface area (Å²) in [6.45, 7) is 16.1. The Morgan fingerprint density at radius 3 is 2.30 bits per heavy atom. The lowest BCUT2D eigenvalue weighted by molar-refractivity contribution is 0.0596. The average molecular weight is 280 g/mol. The summed E-state index contributed by atoms with van der Waals surface area (Å²) in [5.41, 5.74) is 0. The van der Waals surface area contributed by atoms with Crippen LogP contribution in [0.25, 0.3) is 0 Å². The van der Waals surface area contributed by atoms with Crippen molar-refractivity contribution in [3.05, 3.63) is 0 Å². The highest BCUT2D eigenvalue weighted by atomic mass is 15.3. The van der Waals surface area contributed by atoms with Gasteiger partial charge in [0.15, 0.2) is 0 Å². The van der Waals surface area contributed by atoms with E-state index in [2.05, 4.69) is 37.5 Å². The molecule has 0 spiro atoms. The SMILES string of the molecule is CCCN1CCN(CC2CCC(C(C)C)CC2)C(C)C1. The lowest BCUT2D eigenvalue weighted by Crippen LogP contribution is -2.53. The Morgan fingerprint density at radius 2 is 1.75 bits per heavy atom. The highest BCUT2D eigenvalue weighted by Gasteiger charge is 2.28. The van der Waals surface area contributed by atoms with Crippen molar-refractivity contribution < 1.29 is 0 Å². The van der Waals surface area contributed by atoms with E-state index in [1.165, 1.54) is 64.8 Å². The molecule has 118 valence electrons. The van der Waals surface area contributed by atoms with Gasteiger partial charge in [-0.3, -0.25) is 4.90 Å². The first-order valence-corrected chi connectivity index (χ1v) is 9.06. The third-order valence-electron chi connectivity index (χ3n) is 5.72. The van der Waals surface area contributed by atoms with Crippen molar-refractivity contribution in [3.8, 4) is 0 Å². The molecule has 0 bridgehead atoms. The molecule has 1 aliphatic carbocycles. The van der Waals surface area contributed by atoms with Crippen LogP contribution in [-0.4, -0.2) is 48.6 Å². The first-order valence-electron chi connectivity index (χ1n) is 9.06. The van der Waals surface area contributed by atoms with E-state index in [-0.39, 0.29) is 0 Å². The maximum atomic E-state index is 2.77. The number of nitrogens with zero attached hydrogens (tertiary/aromatic N) is 2. The summed E-state index contributed by atoms with van der Waals surface area (Å²) in [5, 5.41) is 0. The van der Waals surface area contributed by atoms with Gasteiger partial charge in [-0.15, -0.1) is 0 Å². The fraction of sp³-hybridized carbons (Fsp3) is 1.00. The van der Waals surface area contributed by atoms with E-state index in [0.29, 0.717) is 0 Å². The Bertz CT molecular complexity index is 269. The van der Waals surface area contributed by atoms with Gasteiger partial charge < -0.3 is 4.90 Å². The number of piperazine rings is 1. The smallest absolute Gasteiger partial charge is 0.0195 e. The molecule has 0 amide bonds. The van der Waals surface area contributed by atoms with Gasteiger partial charge in [0, 0.05) is 32.2 Å². The van der Waals surface area contributed by atoms with Crippen molar-refractivity contribution >= 4 is 0 Å². The van der Waals surface area contributed by atoms with Crippen LogP contribution in [0.5, 0.6) is 0 Å². The molecule has 2 nitrogen and oxygen atoms in total. The van der Waals surface area contributed by atoms with Crippen LogP contribution in [0.3, 0.4) is 0 Å². The Labute approximate surface area is 126 Å². The van der Waals surface area contributed by atoms with Crippen LogP contribution in [0.15, 0.2) is 0 Å². The minimum atomic E-state index is 0.762. The predicted octanol–water partition coefficient (Wildman–Crippen LogP) is 3.86. The minimum absolute atomic E-state index is 0.762. The number of hydrogen-bond donors (Lipinski definition) is 0. The summed E-state index contributed by atoms with van der Waals surface area (Å²) in [6, 6.07) is 0.762. The zero-order valence-corrected chi connectivity index (χ0v) is 14.3. The molecule has 2 fully saturated rings. The van der Waals surface area contributed by atoms with Crippen LogP contribution >= 0.6 is 0 Å². The van der Waals surface area contributed by atoms with Gasteiger partial charge in [0.25, 0.3) is 0 Å². The van der Waals surface area contributed by atoms with Gasteiger partial charge in [-0.2, -0.15) is 0 Å². The molecule has 1 saturated carbocycles. The van der Waals surface area contributed by atoms with Crippen molar-refractivity contribution in [1.29, 1.82) is 0 Å². The Morgan fingerprint density at radius 1 is 1.05 bits per heavy atom. The molecule has 1 aliphatic heterocycles. The highest BCUT2D eigenvalue weighted by Crippen LogP contribution is 2.34. The van der Waals surface area contributed by atoms with E-state index in [4.69, 9.17) is 0 Å². The van der Waals surface area contributed by atoms with E-state index in [1.807, 2.05) is 0 Å². The summed E-state index contributed by atoms with van der Waals surface area (Å²) < 4.78 is 0. The summed E-state index contributed by atoms with van der Waals surface area (Å²) in [7, 11) is 0. The lowest BCUT2D eigenvalue weighted by Gasteiger charge is -2.42. The van der Waals surface area contributed by atoms with E-state index in [0.717, 1.165) is 23.8 Å². The number of hydrogen-bond acceptors (Lipinski definition) is 2. The van der Waals surface area contributed by atoms with Crippen molar-refractivity contribution in [2.24, 2.45) is 17.8 Å². The largest absolute Gasteiger partial charge is 0.301 e. The second-order valence-electron chi connectivity index (χ2n) is 7.67. The molecule has 1 heterocycles. The quantitative estimate of drug-likeness (QED) is 0.754. The molecule has 0 aromatic carbocycles. The van der Waals surface area contributed by atoms with Crippen molar-refractivity contribution in [2.45, 2.75) is 65.8 Å². The van der Waals surface area contributed by atoms with Gasteiger partial charge in [0.2, 0.25) is 0 Å². The van der Waals surface area contributed by atoms with Crippen LogP contribution in [0.1, 0.15) is 59.8 Å². The van der Waals surface area contributed by atoms with Crippen molar-refractivity contribution in [1.82, 2.24) is 9.80 Å². The van der Waals surface area contributed by atoms with Crippen LogP contribution in [0, 0.1) is 17.8 Å². The molecule has 0 aromatic heterocycles. The second-order valence-corrected chi connectivity index (χ2v) is 7.67. The molecule has 1 saturated heterocycles. The van der Waals surface area contributed by atoms with E-state index in [1.54, 1.807) is 0 Å². The van der Waals surface area contributed by atoms with Crippen LogP contribution < -0.4 is 0 Å². The van der Waals surface area contributed by atoms with E-state index < -0.39 is 0 Å². The third-order valence-corrected chi connectivity index (χ3v) is 5.72. The summed E-state index contributed by atoms with van der Waals surface area (Å²) in [6.07, 6.45) is 7.21. The first kappa shape index (κ1) is 16.3. The van der Waals surface area contributed by atoms with Gasteiger partial charge in [0.1, 0.15) is 0 Å². The van der Waals surface area contributed by atoms with Crippen molar-refractivity contribution in [2.75, 3.05) is 32.7 Å². The van der Waals surface area contributed by atoms with Gasteiger partial charge >= 0.3 is 0 Å². The molecular weight excluding hydrogens is 244 g/mol. The van der Waals surface area contributed by atoms with Crippen LogP contribution in [-0.2, 0) is 0 Å². The summed E-state index contributed by atoms with van der Waals surface area (Å²) in [4.78, 5) is 5.42. The average Bonchev–Trinajstić information content (AvgIpc) is 2.43. The van der Waals surface area contributed by atoms with Gasteiger partial charge in [-0.25, -0.2) is 0 Å². The first-order chi connectivity index (χ1) is 9.60. The standard InChI is InChI=1S/C18H36N2/c1-5-10-19-11-12-20(16(4)13-19)14-17-6-8-18(9-7-17)15(2)3/h15-18H,5-14H2,1-4H3. The van der Waals surface area contributed by atoms with Crippen LogP contribution in [0.2, 0.25) is 0 Å². The van der Waals surface area contributed by atoms with Gasteiger partial charge in [0.05, 0.1) is 0 Å². The zero-order valence-electron chi connectivity index (χ0n) is 14.3. The highest BCUT2D eigenvalue weighted by molar-refractivity contribution is 4.83. The fourth-order valence-electron chi connectivity index (χ4n) is 4.23. The molecule has 0 radical (unpaired) electrons. The normalized spacial score (nSPS) is 33.8. The van der Waals surface area contributed by atoms with E-state index in [9.17, 15) is 0 Å². The summed E-state index contributed by atoms with van der Waals surface area (Å²) >= 11 is 0. The zero-order chi connectivity index (χ0) is 14.5. The molecule has 20 heavy (non-hydrogen) atoms. The maximum absolute atomic E-state index is 2.77. The lowest BCUT2D eigenvalue weighted by atomic mass is 9.77. The Kier molecular flexibility index (Phi) is 6.35. The molecule has 2 rings (SSSR count). The minimum Gasteiger partial charge on any atom is -0.301 e. The molecule has 0 N–H and O–H groups in total. The third kappa shape index (κ3) is 4.46. The predicted molar refractivity (Wildman–Crippen MR) is 88.1 cm³/mol. The fourth-order valence-corrected chi connectivity index (χ4v) is 4.23. The Hall–Kier alpha value is -0.0800. The van der Waals surface area contributed by atoms with E-state index >= 15 is 0 Å². The Balaban J connectivity index is 1.72. The molecule has 2 aliphatic rings. The van der Waals surface area contributed by atoms with Gasteiger partial charge in [-0.05, 0) is 63.3 Å². The second kappa shape index (κ2) is 7.79. The van der Waals surface area contributed by atoms with Crippen LogP contribution in [0.4, 0.5) is 0 Å². The molecule has 2 heteroatoms. The molecule has 0 aromatic rings. The molecule has 1 atom stereocenters. The molecule has 1 unspecified atom stereocenters. The molecular formula is C18H36N2. The monoisotopic (exact) mass is 280 g/mol. The summed E-state index contributed by atoms with van der Waals surface area (Å²) in [5.74, 6) is 2.88. The number of rotatable bonds is 5. The topological polar surface area (TPSA) is 6.48 Å². The van der Waals surface area contributed by atoms with Gasteiger partial charge in [-0.1, -0.05) is 20.8 Å². The van der Waals surface area contributed by atoms with Crippen molar-refractivity contribution in [3.63, 3.8) is 0 Å².